The lowest BCUT2D eigenvalue weighted by Crippen LogP contribution is -2.14. The first-order valence-corrected chi connectivity index (χ1v) is 11.4. The molecular formula is C24H23N3O4S. The summed E-state index contributed by atoms with van der Waals surface area (Å²) < 4.78 is 41.7. The molecule has 0 spiro atoms. The second kappa shape index (κ2) is 9.15. The van der Waals surface area contributed by atoms with E-state index in [0.29, 0.717) is 35.0 Å². The Morgan fingerprint density at radius 1 is 0.906 bits per heavy atom. The third-order valence-electron chi connectivity index (χ3n) is 4.91. The van der Waals surface area contributed by atoms with Crippen molar-refractivity contribution in [2.75, 3.05) is 18.9 Å². The number of ether oxygens (including phenoxy) is 2. The van der Waals surface area contributed by atoms with Crippen molar-refractivity contribution >= 4 is 15.7 Å². The summed E-state index contributed by atoms with van der Waals surface area (Å²) in [5.41, 5.74) is 2.41. The summed E-state index contributed by atoms with van der Waals surface area (Å²) in [7, 11) is -0.964. The third-order valence-corrected chi connectivity index (χ3v) is 6.27. The fourth-order valence-electron chi connectivity index (χ4n) is 3.33. The Morgan fingerprint density at radius 3 is 2.25 bits per heavy atom. The van der Waals surface area contributed by atoms with Crippen LogP contribution in [0, 0.1) is 0 Å². The van der Waals surface area contributed by atoms with Crippen molar-refractivity contribution < 1.29 is 17.9 Å². The van der Waals surface area contributed by atoms with Crippen LogP contribution in [0.15, 0.2) is 90.0 Å². The van der Waals surface area contributed by atoms with E-state index in [1.54, 1.807) is 29.1 Å². The van der Waals surface area contributed by atoms with Gasteiger partial charge in [-0.2, -0.15) is 5.10 Å². The van der Waals surface area contributed by atoms with Gasteiger partial charge in [0.2, 0.25) is 0 Å². The van der Waals surface area contributed by atoms with Gasteiger partial charge < -0.3 is 9.47 Å². The molecule has 0 radical (unpaired) electrons. The first-order chi connectivity index (χ1) is 15.5. The number of nitrogens with zero attached hydrogens (tertiary/aromatic N) is 2. The standard InChI is InChI=1S/C24H23N3O4S/c1-30-20-13-14-21(22(15-20)31-2)26-32(28,29)23-17-27(16-18-9-5-3-6-10-18)25-24(23)19-11-7-4-8-12-19/h3-15,17,26H,16H2,1-2H3. The van der Waals surface area contributed by atoms with Gasteiger partial charge in [-0.25, -0.2) is 8.42 Å². The van der Waals surface area contributed by atoms with E-state index in [-0.39, 0.29) is 4.90 Å². The molecule has 1 aromatic heterocycles. The number of hydrogen-bond acceptors (Lipinski definition) is 5. The van der Waals surface area contributed by atoms with Crippen molar-refractivity contribution in [1.29, 1.82) is 0 Å². The number of sulfonamides is 1. The minimum absolute atomic E-state index is 0.0810. The largest absolute Gasteiger partial charge is 0.497 e. The number of rotatable bonds is 8. The lowest BCUT2D eigenvalue weighted by Gasteiger charge is -2.13. The zero-order valence-corrected chi connectivity index (χ0v) is 18.5. The molecule has 4 aromatic rings. The van der Waals surface area contributed by atoms with E-state index in [0.717, 1.165) is 5.56 Å². The highest BCUT2D eigenvalue weighted by atomic mass is 32.2. The van der Waals surface area contributed by atoms with Crippen LogP contribution in [-0.2, 0) is 16.6 Å². The molecule has 0 aliphatic carbocycles. The highest BCUT2D eigenvalue weighted by molar-refractivity contribution is 7.92. The van der Waals surface area contributed by atoms with E-state index in [1.165, 1.54) is 14.2 Å². The average molecular weight is 450 g/mol. The molecule has 1 N–H and O–H groups in total. The van der Waals surface area contributed by atoms with Crippen molar-refractivity contribution in [3.8, 4) is 22.8 Å². The molecular weight excluding hydrogens is 426 g/mol. The summed E-state index contributed by atoms with van der Waals surface area (Å²) in [6, 6.07) is 23.9. The molecule has 0 fully saturated rings. The van der Waals surface area contributed by atoms with Gasteiger partial charge in [0.05, 0.1) is 26.5 Å². The summed E-state index contributed by atoms with van der Waals surface area (Å²) in [4.78, 5) is 0.0810. The van der Waals surface area contributed by atoms with Crippen molar-refractivity contribution in [2.45, 2.75) is 11.4 Å². The van der Waals surface area contributed by atoms with Gasteiger partial charge in [-0.1, -0.05) is 60.7 Å². The minimum atomic E-state index is -3.97. The van der Waals surface area contributed by atoms with Crippen LogP contribution in [0.5, 0.6) is 11.5 Å². The molecule has 0 bridgehead atoms. The number of hydrogen-bond donors (Lipinski definition) is 1. The molecule has 8 heteroatoms. The van der Waals surface area contributed by atoms with E-state index in [4.69, 9.17) is 9.47 Å². The van der Waals surface area contributed by atoms with E-state index in [2.05, 4.69) is 9.82 Å². The minimum Gasteiger partial charge on any atom is -0.497 e. The average Bonchev–Trinajstić information content (AvgIpc) is 3.25. The van der Waals surface area contributed by atoms with E-state index in [1.807, 2.05) is 60.7 Å². The highest BCUT2D eigenvalue weighted by Crippen LogP contribution is 2.33. The Hall–Kier alpha value is -3.78. The summed E-state index contributed by atoms with van der Waals surface area (Å²) in [5.74, 6) is 0.913. The predicted octanol–water partition coefficient (Wildman–Crippen LogP) is 4.42. The zero-order valence-electron chi connectivity index (χ0n) is 17.7. The third kappa shape index (κ3) is 4.60. The van der Waals surface area contributed by atoms with Crippen molar-refractivity contribution in [3.63, 3.8) is 0 Å². The summed E-state index contributed by atoms with van der Waals surface area (Å²) in [6.07, 6.45) is 1.55. The number of aromatic nitrogens is 2. The molecule has 3 aromatic carbocycles. The summed E-state index contributed by atoms with van der Waals surface area (Å²) in [6.45, 7) is 0.446. The molecule has 4 rings (SSSR count). The Balaban J connectivity index is 1.75. The second-order valence-electron chi connectivity index (χ2n) is 7.06. The van der Waals surface area contributed by atoms with Gasteiger partial charge in [0.1, 0.15) is 22.1 Å². The van der Waals surface area contributed by atoms with Crippen LogP contribution in [0.3, 0.4) is 0 Å². The first kappa shape index (κ1) is 21.5. The topological polar surface area (TPSA) is 82.5 Å². The lowest BCUT2D eigenvalue weighted by atomic mass is 10.2. The van der Waals surface area contributed by atoms with Crippen molar-refractivity contribution in [2.24, 2.45) is 0 Å². The van der Waals surface area contributed by atoms with Crippen LogP contribution in [-0.4, -0.2) is 32.4 Å². The van der Waals surface area contributed by atoms with E-state index < -0.39 is 10.0 Å². The fourth-order valence-corrected chi connectivity index (χ4v) is 4.57. The van der Waals surface area contributed by atoms with Crippen LogP contribution in [0.2, 0.25) is 0 Å². The molecule has 0 unspecified atom stereocenters. The molecule has 32 heavy (non-hydrogen) atoms. The van der Waals surface area contributed by atoms with E-state index in [9.17, 15) is 8.42 Å². The van der Waals surface area contributed by atoms with Crippen LogP contribution in [0.4, 0.5) is 5.69 Å². The van der Waals surface area contributed by atoms with Crippen LogP contribution in [0.25, 0.3) is 11.3 Å². The molecule has 0 amide bonds. The Bertz CT molecular complexity index is 1300. The van der Waals surface area contributed by atoms with Gasteiger partial charge in [0.25, 0.3) is 10.0 Å². The van der Waals surface area contributed by atoms with Crippen molar-refractivity contribution in [1.82, 2.24) is 9.78 Å². The Labute approximate surface area is 187 Å². The smallest absolute Gasteiger partial charge is 0.265 e. The second-order valence-corrected chi connectivity index (χ2v) is 8.71. The molecule has 1 heterocycles. The van der Waals surface area contributed by atoms with Gasteiger partial charge in [-0.05, 0) is 17.7 Å². The molecule has 0 saturated heterocycles. The Kier molecular flexibility index (Phi) is 6.13. The summed E-state index contributed by atoms with van der Waals surface area (Å²) >= 11 is 0. The van der Waals surface area contributed by atoms with Gasteiger partial charge in [-0.3, -0.25) is 9.40 Å². The highest BCUT2D eigenvalue weighted by Gasteiger charge is 2.25. The molecule has 0 saturated carbocycles. The maximum absolute atomic E-state index is 13.4. The molecule has 0 aliphatic heterocycles. The maximum Gasteiger partial charge on any atom is 0.265 e. The molecule has 7 nitrogen and oxygen atoms in total. The number of benzene rings is 3. The maximum atomic E-state index is 13.4. The Morgan fingerprint density at radius 2 is 1.59 bits per heavy atom. The van der Waals surface area contributed by atoms with E-state index >= 15 is 0 Å². The quantitative estimate of drug-likeness (QED) is 0.431. The van der Waals surface area contributed by atoms with Crippen LogP contribution < -0.4 is 14.2 Å². The molecule has 0 aliphatic rings. The number of nitrogens with one attached hydrogen (secondary N) is 1. The summed E-state index contributed by atoms with van der Waals surface area (Å²) in [5, 5.41) is 4.60. The first-order valence-electron chi connectivity index (χ1n) is 9.92. The molecule has 0 atom stereocenters. The SMILES string of the molecule is COc1ccc(NS(=O)(=O)c2cn(Cc3ccccc3)nc2-c2ccccc2)c(OC)c1. The number of anilines is 1. The van der Waals surface area contributed by atoms with Gasteiger partial charge in [0.15, 0.2) is 0 Å². The van der Waals surface area contributed by atoms with Crippen molar-refractivity contribution in [3.05, 3.63) is 90.6 Å². The fraction of sp³-hybridized carbons (Fsp3) is 0.125. The zero-order chi connectivity index (χ0) is 22.6. The number of methoxy groups -OCH3 is 2. The van der Waals surface area contributed by atoms with Gasteiger partial charge >= 0.3 is 0 Å². The van der Waals surface area contributed by atoms with Crippen LogP contribution in [0.1, 0.15) is 5.56 Å². The monoisotopic (exact) mass is 449 g/mol. The van der Waals surface area contributed by atoms with Gasteiger partial charge in [0, 0.05) is 17.8 Å². The normalized spacial score (nSPS) is 11.2. The molecule has 164 valence electrons. The predicted molar refractivity (Wildman–Crippen MR) is 124 cm³/mol. The van der Waals surface area contributed by atoms with Gasteiger partial charge in [-0.15, -0.1) is 0 Å². The lowest BCUT2D eigenvalue weighted by molar-refractivity contribution is 0.395. The van der Waals surface area contributed by atoms with Crippen LogP contribution >= 0.6 is 0 Å².